The molecule has 2 N–H and O–H groups in total. The number of aryl methyl sites for hydroxylation is 2. The van der Waals surface area contributed by atoms with Gasteiger partial charge in [-0.15, -0.1) is 0 Å². The Balaban J connectivity index is 1.57. The van der Waals surface area contributed by atoms with Crippen LogP contribution in [-0.4, -0.2) is 55.1 Å². The maximum atomic E-state index is 13.7. The molecule has 37 heavy (non-hydrogen) atoms. The normalized spacial score (nSPS) is 15.8. The van der Waals surface area contributed by atoms with Crippen LogP contribution >= 0.6 is 0 Å². The van der Waals surface area contributed by atoms with Crippen LogP contribution in [0.1, 0.15) is 44.2 Å². The van der Waals surface area contributed by atoms with Gasteiger partial charge in [0.2, 0.25) is 0 Å². The van der Waals surface area contributed by atoms with Gasteiger partial charge in [-0.1, -0.05) is 11.2 Å². The van der Waals surface area contributed by atoms with Crippen molar-refractivity contribution in [3.8, 4) is 0 Å². The molecule has 0 bridgehead atoms. The molecule has 1 atom stereocenters. The van der Waals surface area contributed by atoms with Gasteiger partial charge in [-0.2, -0.15) is 13.2 Å². The van der Waals surface area contributed by atoms with Crippen molar-refractivity contribution in [2.45, 2.75) is 32.5 Å². The number of carbonyl (C=O) groups excluding carboxylic acids is 2. The predicted molar refractivity (Wildman–Crippen MR) is 134 cm³/mol. The molecule has 0 aliphatic carbocycles. The number of halogens is 3. The maximum absolute atomic E-state index is 13.7. The topological polar surface area (TPSA) is 90.7 Å². The Hall–Kier alpha value is -3.86. The standard InChI is InChI=1S/C26H28F3N5O3/c1-15-5-6-19(13-22(15)31-25(36)23-9-16(2)37-32-23)30-24(35)17-10-18(26(27,28)29)12-21(11-17)34-8-7-20(14-34)33(3)4/h5-6,9-13,20H,7-8,14H2,1-4H3,(H,30,35)(H,31,36). The summed E-state index contributed by atoms with van der Waals surface area (Å²) in [7, 11) is 3.87. The van der Waals surface area contributed by atoms with Crippen molar-refractivity contribution in [1.82, 2.24) is 10.1 Å². The van der Waals surface area contributed by atoms with E-state index in [-0.39, 0.29) is 17.3 Å². The Bertz CT molecular complexity index is 1320. The molecule has 0 radical (unpaired) electrons. The van der Waals surface area contributed by atoms with Crippen LogP contribution in [-0.2, 0) is 6.18 Å². The zero-order valence-electron chi connectivity index (χ0n) is 20.9. The lowest BCUT2D eigenvalue weighted by Gasteiger charge is -2.23. The van der Waals surface area contributed by atoms with E-state index in [1.54, 1.807) is 26.0 Å². The van der Waals surface area contributed by atoms with E-state index in [1.807, 2.05) is 23.9 Å². The summed E-state index contributed by atoms with van der Waals surface area (Å²) >= 11 is 0. The molecule has 2 amide bonds. The molecule has 1 aromatic heterocycles. The molecule has 0 spiro atoms. The van der Waals surface area contributed by atoms with E-state index in [9.17, 15) is 22.8 Å². The van der Waals surface area contributed by atoms with E-state index in [2.05, 4.69) is 15.8 Å². The number of hydrogen-bond acceptors (Lipinski definition) is 6. The van der Waals surface area contributed by atoms with Gasteiger partial charge < -0.3 is 25.0 Å². The average Bonchev–Trinajstić information content (AvgIpc) is 3.50. The summed E-state index contributed by atoms with van der Waals surface area (Å²) in [6.07, 6.45) is -3.79. The quantitative estimate of drug-likeness (QED) is 0.483. The van der Waals surface area contributed by atoms with Crippen LogP contribution in [0, 0.1) is 13.8 Å². The second-order valence-electron chi connectivity index (χ2n) is 9.38. The summed E-state index contributed by atoms with van der Waals surface area (Å²) in [5, 5.41) is 9.04. The molecule has 2 heterocycles. The summed E-state index contributed by atoms with van der Waals surface area (Å²) in [6.45, 7) is 4.60. The van der Waals surface area contributed by atoms with Crippen LogP contribution in [0.15, 0.2) is 47.0 Å². The maximum Gasteiger partial charge on any atom is 0.416 e. The fourth-order valence-electron chi connectivity index (χ4n) is 4.18. The number of nitrogens with one attached hydrogen (secondary N) is 2. The molecular weight excluding hydrogens is 487 g/mol. The molecule has 1 saturated heterocycles. The van der Waals surface area contributed by atoms with Crippen LogP contribution < -0.4 is 15.5 Å². The van der Waals surface area contributed by atoms with Crippen LogP contribution in [0.5, 0.6) is 0 Å². The van der Waals surface area contributed by atoms with E-state index >= 15 is 0 Å². The number of anilines is 3. The first-order valence-electron chi connectivity index (χ1n) is 11.7. The van der Waals surface area contributed by atoms with Crippen molar-refractivity contribution in [2.24, 2.45) is 0 Å². The number of aromatic nitrogens is 1. The minimum atomic E-state index is -4.60. The van der Waals surface area contributed by atoms with E-state index < -0.39 is 23.6 Å². The highest BCUT2D eigenvalue weighted by Gasteiger charge is 2.33. The van der Waals surface area contributed by atoms with Crippen molar-refractivity contribution in [2.75, 3.05) is 42.7 Å². The number of alkyl halides is 3. The molecule has 4 rings (SSSR count). The number of amides is 2. The first-order chi connectivity index (χ1) is 17.4. The lowest BCUT2D eigenvalue weighted by Crippen LogP contribution is -2.31. The van der Waals surface area contributed by atoms with Gasteiger partial charge >= 0.3 is 6.18 Å². The third-order valence-corrected chi connectivity index (χ3v) is 6.37. The molecule has 1 aliphatic heterocycles. The zero-order chi connectivity index (χ0) is 26.9. The summed E-state index contributed by atoms with van der Waals surface area (Å²) in [6, 6.07) is 9.95. The van der Waals surface area contributed by atoms with E-state index in [0.717, 1.165) is 24.1 Å². The van der Waals surface area contributed by atoms with Gasteiger partial charge in [0.15, 0.2) is 5.69 Å². The lowest BCUT2D eigenvalue weighted by atomic mass is 10.1. The first-order valence-corrected chi connectivity index (χ1v) is 11.7. The van der Waals surface area contributed by atoms with E-state index in [1.165, 1.54) is 18.2 Å². The molecule has 11 heteroatoms. The summed E-state index contributed by atoms with van der Waals surface area (Å²) in [4.78, 5) is 29.4. The Morgan fingerprint density at radius 2 is 1.81 bits per heavy atom. The van der Waals surface area contributed by atoms with Crippen LogP contribution in [0.3, 0.4) is 0 Å². The summed E-state index contributed by atoms with van der Waals surface area (Å²) in [5.41, 5.74) is 0.906. The molecule has 0 saturated carbocycles. The first kappa shape index (κ1) is 26.2. The average molecular weight is 516 g/mol. The molecule has 2 aromatic carbocycles. The number of benzene rings is 2. The Morgan fingerprint density at radius 1 is 1.05 bits per heavy atom. The second-order valence-corrected chi connectivity index (χ2v) is 9.38. The zero-order valence-corrected chi connectivity index (χ0v) is 20.9. The van der Waals surface area contributed by atoms with Gasteiger partial charge in [0, 0.05) is 47.8 Å². The summed E-state index contributed by atoms with van der Waals surface area (Å²) in [5.74, 6) is -0.703. The molecular formula is C26H28F3N5O3. The monoisotopic (exact) mass is 515 g/mol. The van der Waals surface area contributed by atoms with Gasteiger partial charge in [-0.25, -0.2) is 0 Å². The highest BCUT2D eigenvalue weighted by Crippen LogP contribution is 2.34. The number of likely N-dealkylation sites (N-methyl/N-ethyl adjacent to an activating group) is 1. The molecule has 1 fully saturated rings. The van der Waals surface area contributed by atoms with Gasteiger partial charge in [-0.05, 0) is 70.3 Å². The van der Waals surface area contributed by atoms with Crippen molar-refractivity contribution in [3.63, 3.8) is 0 Å². The summed E-state index contributed by atoms with van der Waals surface area (Å²) < 4.78 is 46.0. The van der Waals surface area contributed by atoms with Crippen molar-refractivity contribution >= 4 is 28.9 Å². The Kier molecular flexibility index (Phi) is 7.26. The van der Waals surface area contributed by atoms with Crippen molar-refractivity contribution in [1.29, 1.82) is 0 Å². The highest BCUT2D eigenvalue weighted by molar-refractivity contribution is 6.06. The number of carbonyl (C=O) groups is 2. The van der Waals surface area contributed by atoms with Crippen LogP contribution in [0.4, 0.5) is 30.2 Å². The predicted octanol–water partition coefficient (Wildman–Crippen LogP) is 4.96. The van der Waals surface area contributed by atoms with Gasteiger partial charge in [0.05, 0.1) is 5.56 Å². The molecule has 1 unspecified atom stereocenters. The minimum Gasteiger partial charge on any atom is -0.370 e. The number of nitrogens with zero attached hydrogens (tertiary/aromatic N) is 3. The van der Waals surface area contributed by atoms with Crippen LogP contribution in [0.25, 0.3) is 0 Å². The largest absolute Gasteiger partial charge is 0.416 e. The van der Waals surface area contributed by atoms with E-state index in [0.29, 0.717) is 35.9 Å². The SMILES string of the molecule is Cc1cc(C(=O)Nc2cc(NC(=O)c3cc(N4CCC(N(C)C)C4)cc(C(F)(F)F)c3)ccc2C)no1. The second kappa shape index (κ2) is 10.3. The smallest absolute Gasteiger partial charge is 0.370 e. The number of hydrogen-bond donors (Lipinski definition) is 2. The van der Waals surface area contributed by atoms with Gasteiger partial charge in [0.1, 0.15) is 5.76 Å². The van der Waals surface area contributed by atoms with Crippen molar-refractivity contribution in [3.05, 3.63) is 70.6 Å². The van der Waals surface area contributed by atoms with Gasteiger partial charge in [0.25, 0.3) is 11.8 Å². The Labute approximate surface area is 212 Å². The lowest BCUT2D eigenvalue weighted by molar-refractivity contribution is -0.137. The minimum absolute atomic E-state index is 0.0984. The molecule has 3 aromatic rings. The fourth-order valence-corrected chi connectivity index (χ4v) is 4.18. The van der Waals surface area contributed by atoms with E-state index in [4.69, 9.17) is 4.52 Å². The molecule has 196 valence electrons. The fraction of sp³-hybridized carbons (Fsp3) is 0.346. The van der Waals surface area contributed by atoms with Crippen molar-refractivity contribution < 1.29 is 27.3 Å². The van der Waals surface area contributed by atoms with Gasteiger partial charge in [-0.3, -0.25) is 9.59 Å². The third kappa shape index (κ3) is 6.11. The molecule has 8 nitrogen and oxygen atoms in total. The highest BCUT2D eigenvalue weighted by atomic mass is 19.4. The third-order valence-electron chi connectivity index (χ3n) is 6.37. The van der Waals surface area contributed by atoms with Crippen LogP contribution in [0.2, 0.25) is 0 Å². The molecule has 1 aliphatic rings. The number of rotatable bonds is 6. The Morgan fingerprint density at radius 3 is 2.43 bits per heavy atom.